The third-order valence-electron chi connectivity index (χ3n) is 1.67. The van der Waals surface area contributed by atoms with Crippen molar-refractivity contribution in [3.05, 3.63) is 29.3 Å². The maximum Gasteiger partial charge on any atom is 0.394 e. The summed E-state index contributed by atoms with van der Waals surface area (Å²) < 4.78 is 0. The van der Waals surface area contributed by atoms with Crippen LogP contribution in [0.15, 0.2) is 18.2 Å². The fourth-order valence-electron chi connectivity index (χ4n) is 1.23. The molecule has 2 N–H and O–H groups in total. The fraction of sp³-hybridized carbons (Fsp3) is 0.200. The van der Waals surface area contributed by atoms with Crippen LogP contribution in [0, 0.1) is 13.8 Å². The second-order valence-electron chi connectivity index (χ2n) is 3.14. The number of benzene rings is 1. The summed E-state index contributed by atoms with van der Waals surface area (Å²) in [5.74, 6) is -2.50. The van der Waals surface area contributed by atoms with Gasteiger partial charge in [-0.25, -0.2) is 4.79 Å². The maximum atomic E-state index is 10.8. The molecule has 0 saturated heterocycles. The first-order valence-electron chi connectivity index (χ1n) is 4.11. The molecule has 1 amide bonds. The standard InChI is InChI=1S/C10H11NO3/c1-6-3-7(2)5-8(4-6)11-9(12)10(13)14/h3-5H,1-2H3,(H,11,12)(H,13,14). The molecule has 0 atom stereocenters. The Bertz CT molecular complexity index is 365. The second kappa shape index (κ2) is 3.91. The minimum absolute atomic E-state index is 0.509. The number of hydrogen-bond acceptors (Lipinski definition) is 2. The molecule has 0 aliphatic heterocycles. The van der Waals surface area contributed by atoms with Crippen molar-refractivity contribution in [2.45, 2.75) is 13.8 Å². The topological polar surface area (TPSA) is 66.4 Å². The number of nitrogens with one attached hydrogen (secondary N) is 1. The summed E-state index contributed by atoms with van der Waals surface area (Å²) in [5, 5.41) is 10.7. The van der Waals surface area contributed by atoms with Crippen molar-refractivity contribution in [3.63, 3.8) is 0 Å². The molecule has 74 valence electrons. The van der Waals surface area contributed by atoms with Crippen molar-refractivity contribution in [3.8, 4) is 0 Å². The van der Waals surface area contributed by atoms with Crippen LogP contribution in [0.3, 0.4) is 0 Å². The van der Waals surface area contributed by atoms with Crippen molar-refractivity contribution in [1.82, 2.24) is 0 Å². The average molecular weight is 193 g/mol. The Morgan fingerprint density at radius 1 is 1.14 bits per heavy atom. The Morgan fingerprint density at radius 3 is 2.07 bits per heavy atom. The Balaban J connectivity index is 2.87. The van der Waals surface area contributed by atoms with Gasteiger partial charge in [-0.1, -0.05) is 6.07 Å². The van der Waals surface area contributed by atoms with Crippen LogP contribution in [0.25, 0.3) is 0 Å². The first-order chi connectivity index (χ1) is 6.49. The van der Waals surface area contributed by atoms with E-state index in [9.17, 15) is 9.59 Å². The normalized spacial score (nSPS) is 9.57. The van der Waals surface area contributed by atoms with Gasteiger partial charge in [-0.05, 0) is 37.1 Å². The molecule has 4 nitrogen and oxygen atoms in total. The number of carbonyl (C=O) groups excluding carboxylic acids is 1. The van der Waals surface area contributed by atoms with Crippen LogP contribution in [-0.2, 0) is 9.59 Å². The smallest absolute Gasteiger partial charge is 0.394 e. The summed E-state index contributed by atoms with van der Waals surface area (Å²) in [5.41, 5.74) is 2.46. The fourth-order valence-corrected chi connectivity index (χ4v) is 1.23. The summed E-state index contributed by atoms with van der Waals surface area (Å²) in [7, 11) is 0. The van der Waals surface area contributed by atoms with E-state index in [0.717, 1.165) is 11.1 Å². The van der Waals surface area contributed by atoms with Crippen molar-refractivity contribution >= 4 is 17.6 Å². The average Bonchev–Trinajstić information content (AvgIpc) is 2.01. The molecular weight excluding hydrogens is 182 g/mol. The molecule has 1 rings (SSSR count). The zero-order chi connectivity index (χ0) is 10.7. The van der Waals surface area contributed by atoms with E-state index in [-0.39, 0.29) is 0 Å². The first kappa shape index (κ1) is 10.2. The highest BCUT2D eigenvalue weighted by molar-refractivity contribution is 6.36. The van der Waals surface area contributed by atoms with E-state index in [1.54, 1.807) is 12.1 Å². The molecule has 0 aliphatic carbocycles. The molecule has 0 unspecified atom stereocenters. The number of hydrogen-bond donors (Lipinski definition) is 2. The van der Waals surface area contributed by atoms with Crippen LogP contribution in [0.2, 0.25) is 0 Å². The predicted molar refractivity (Wildman–Crippen MR) is 52.2 cm³/mol. The van der Waals surface area contributed by atoms with Gasteiger partial charge in [0.2, 0.25) is 0 Å². The third kappa shape index (κ3) is 2.58. The first-order valence-corrected chi connectivity index (χ1v) is 4.11. The van der Waals surface area contributed by atoms with Crippen LogP contribution in [-0.4, -0.2) is 17.0 Å². The monoisotopic (exact) mass is 193 g/mol. The zero-order valence-corrected chi connectivity index (χ0v) is 8.00. The highest BCUT2D eigenvalue weighted by Crippen LogP contribution is 2.13. The SMILES string of the molecule is Cc1cc(C)cc(NC(=O)C(=O)O)c1. The summed E-state index contributed by atoms with van der Waals surface area (Å²) in [4.78, 5) is 21.1. The molecule has 0 radical (unpaired) electrons. The lowest BCUT2D eigenvalue weighted by molar-refractivity contribution is -0.147. The number of anilines is 1. The van der Waals surface area contributed by atoms with Gasteiger partial charge in [-0.3, -0.25) is 4.79 Å². The number of carboxylic acid groups (broad SMARTS) is 1. The molecule has 0 spiro atoms. The molecule has 0 fully saturated rings. The molecule has 0 saturated carbocycles. The van der Waals surface area contributed by atoms with Gasteiger partial charge in [0, 0.05) is 5.69 Å². The molecular formula is C10H11NO3. The van der Waals surface area contributed by atoms with Gasteiger partial charge < -0.3 is 10.4 Å². The third-order valence-corrected chi connectivity index (χ3v) is 1.67. The highest BCUT2D eigenvalue weighted by atomic mass is 16.4. The number of rotatable bonds is 1. The number of carboxylic acids is 1. The van der Waals surface area contributed by atoms with Crippen LogP contribution in [0.5, 0.6) is 0 Å². The van der Waals surface area contributed by atoms with Crippen molar-refractivity contribution in [1.29, 1.82) is 0 Å². The predicted octanol–water partition coefficient (Wildman–Crippen LogP) is 1.33. The minimum atomic E-state index is -1.48. The van der Waals surface area contributed by atoms with E-state index in [2.05, 4.69) is 5.32 Å². The van der Waals surface area contributed by atoms with Crippen LogP contribution in [0.4, 0.5) is 5.69 Å². The summed E-state index contributed by atoms with van der Waals surface area (Å²) in [6, 6.07) is 5.37. The minimum Gasteiger partial charge on any atom is -0.474 e. The second-order valence-corrected chi connectivity index (χ2v) is 3.14. The number of amides is 1. The van der Waals surface area contributed by atoms with Gasteiger partial charge in [0.1, 0.15) is 0 Å². The lowest BCUT2D eigenvalue weighted by atomic mass is 10.1. The maximum absolute atomic E-state index is 10.8. The summed E-state index contributed by atoms with van der Waals surface area (Å²) in [6.45, 7) is 3.76. The van der Waals surface area contributed by atoms with Crippen LogP contribution < -0.4 is 5.32 Å². The van der Waals surface area contributed by atoms with E-state index in [1.165, 1.54) is 0 Å². The zero-order valence-electron chi connectivity index (χ0n) is 8.00. The molecule has 0 heterocycles. The van der Waals surface area contributed by atoms with E-state index >= 15 is 0 Å². The van der Waals surface area contributed by atoms with Gasteiger partial charge in [-0.15, -0.1) is 0 Å². The lowest BCUT2D eigenvalue weighted by Gasteiger charge is -2.04. The van der Waals surface area contributed by atoms with Crippen LogP contribution in [0.1, 0.15) is 11.1 Å². The van der Waals surface area contributed by atoms with Gasteiger partial charge in [0.05, 0.1) is 0 Å². The molecule has 0 aromatic heterocycles. The summed E-state index contributed by atoms with van der Waals surface area (Å²) >= 11 is 0. The number of carbonyl (C=O) groups is 2. The molecule has 0 bridgehead atoms. The Labute approximate surface area is 81.6 Å². The van der Waals surface area contributed by atoms with Crippen molar-refractivity contribution in [2.75, 3.05) is 5.32 Å². The van der Waals surface area contributed by atoms with E-state index in [4.69, 9.17) is 5.11 Å². The van der Waals surface area contributed by atoms with E-state index in [0.29, 0.717) is 5.69 Å². The quantitative estimate of drug-likeness (QED) is 0.661. The van der Waals surface area contributed by atoms with Crippen molar-refractivity contribution in [2.24, 2.45) is 0 Å². The molecule has 1 aromatic rings. The molecule has 4 heteroatoms. The molecule has 1 aromatic carbocycles. The van der Waals surface area contributed by atoms with Gasteiger partial charge in [0.25, 0.3) is 0 Å². The lowest BCUT2D eigenvalue weighted by Crippen LogP contribution is -2.21. The number of aliphatic carboxylic acids is 1. The number of aryl methyl sites for hydroxylation is 2. The largest absolute Gasteiger partial charge is 0.474 e. The Hall–Kier alpha value is -1.84. The Morgan fingerprint density at radius 2 is 1.64 bits per heavy atom. The van der Waals surface area contributed by atoms with E-state index < -0.39 is 11.9 Å². The highest BCUT2D eigenvalue weighted by Gasteiger charge is 2.10. The van der Waals surface area contributed by atoms with E-state index in [1.807, 2.05) is 19.9 Å². The Kier molecular flexibility index (Phi) is 2.86. The molecule has 0 aliphatic rings. The van der Waals surface area contributed by atoms with Gasteiger partial charge >= 0.3 is 11.9 Å². The molecule has 14 heavy (non-hydrogen) atoms. The van der Waals surface area contributed by atoms with Crippen LogP contribution >= 0.6 is 0 Å². The van der Waals surface area contributed by atoms with Crippen molar-refractivity contribution < 1.29 is 14.7 Å². The van der Waals surface area contributed by atoms with Gasteiger partial charge in [0.15, 0.2) is 0 Å². The van der Waals surface area contributed by atoms with Gasteiger partial charge in [-0.2, -0.15) is 0 Å². The summed E-state index contributed by atoms with van der Waals surface area (Å²) in [6.07, 6.45) is 0.